The number of nitrogens with one attached hydrogen (secondary N) is 2. The Morgan fingerprint density at radius 3 is 3.00 bits per heavy atom. The average Bonchev–Trinajstić information content (AvgIpc) is 2.82. The molecule has 1 atom stereocenters. The molecule has 20 heavy (non-hydrogen) atoms. The molecule has 0 saturated carbocycles. The van der Waals surface area contributed by atoms with Crippen molar-refractivity contribution in [3.63, 3.8) is 0 Å². The standard InChI is InChI=1S/C11H18N4O4S/c1-8-5-12-11(14-8)9-7-15(3-4-19-9)10(16)6-13-20(2,17)18/h5,9,13H,3-4,6-7H2,1-2H3,(H,12,14)/t9-/m0/s1. The average molecular weight is 302 g/mol. The van der Waals surface area contributed by atoms with Crippen molar-refractivity contribution >= 4 is 15.9 Å². The van der Waals surface area contributed by atoms with Crippen molar-refractivity contribution in [1.29, 1.82) is 0 Å². The highest BCUT2D eigenvalue weighted by molar-refractivity contribution is 7.88. The fourth-order valence-corrected chi connectivity index (χ4v) is 2.33. The van der Waals surface area contributed by atoms with E-state index in [1.165, 1.54) is 0 Å². The molecule has 0 spiro atoms. The van der Waals surface area contributed by atoms with E-state index < -0.39 is 10.0 Å². The van der Waals surface area contributed by atoms with Crippen LogP contribution in [0, 0.1) is 6.92 Å². The van der Waals surface area contributed by atoms with Crippen LogP contribution in [0.1, 0.15) is 17.6 Å². The van der Waals surface area contributed by atoms with Crippen LogP contribution in [0.4, 0.5) is 0 Å². The lowest BCUT2D eigenvalue weighted by Gasteiger charge is -2.32. The number of morpholine rings is 1. The Balaban J connectivity index is 1.94. The molecule has 2 heterocycles. The molecule has 8 nitrogen and oxygen atoms in total. The lowest BCUT2D eigenvalue weighted by Crippen LogP contribution is -2.46. The summed E-state index contributed by atoms with van der Waals surface area (Å²) in [5, 5.41) is 0. The third-order valence-corrected chi connectivity index (χ3v) is 3.60. The molecular weight excluding hydrogens is 284 g/mol. The van der Waals surface area contributed by atoms with Crippen LogP contribution in [-0.4, -0.2) is 61.7 Å². The lowest BCUT2D eigenvalue weighted by atomic mass is 10.2. The van der Waals surface area contributed by atoms with E-state index in [0.29, 0.717) is 25.5 Å². The van der Waals surface area contributed by atoms with E-state index in [0.717, 1.165) is 11.9 Å². The van der Waals surface area contributed by atoms with Crippen LogP contribution in [0.2, 0.25) is 0 Å². The van der Waals surface area contributed by atoms with Gasteiger partial charge in [0.1, 0.15) is 11.9 Å². The predicted octanol–water partition coefficient (Wildman–Crippen LogP) is -0.833. The van der Waals surface area contributed by atoms with Crippen molar-refractivity contribution in [2.24, 2.45) is 0 Å². The quantitative estimate of drug-likeness (QED) is 0.755. The van der Waals surface area contributed by atoms with Crippen LogP contribution in [-0.2, 0) is 19.6 Å². The second-order valence-corrected chi connectivity index (χ2v) is 6.58. The van der Waals surface area contributed by atoms with Gasteiger partial charge in [-0.2, -0.15) is 0 Å². The van der Waals surface area contributed by atoms with Gasteiger partial charge >= 0.3 is 0 Å². The van der Waals surface area contributed by atoms with Gasteiger partial charge in [0.2, 0.25) is 15.9 Å². The minimum Gasteiger partial charge on any atom is -0.367 e. The summed E-state index contributed by atoms with van der Waals surface area (Å²) in [6, 6.07) is 0. The molecule has 1 aliphatic rings. The maximum atomic E-state index is 11.9. The molecule has 1 aromatic heterocycles. The number of hydrogen-bond donors (Lipinski definition) is 2. The molecule has 1 amide bonds. The predicted molar refractivity (Wildman–Crippen MR) is 71.4 cm³/mol. The number of H-pyrrole nitrogens is 1. The molecule has 112 valence electrons. The fourth-order valence-electron chi connectivity index (χ4n) is 1.94. The van der Waals surface area contributed by atoms with Gasteiger partial charge in [-0.3, -0.25) is 4.79 Å². The maximum Gasteiger partial charge on any atom is 0.237 e. The first-order valence-corrected chi connectivity index (χ1v) is 8.10. The minimum absolute atomic E-state index is 0.233. The first kappa shape index (κ1) is 14.9. The van der Waals surface area contributed by atoms with Gasteiger partial charge in [0.15, 0.2) is 0 Å². The fraction of sp³-hybridized carbons (Fsp3) is 0.636. The number of carbonyl (C=O) groups excluding carboxylic acids is 1. The van der Waals surface area contributed by atoms with Gasteiger partial charge in [-0.25, -0.2) is 18.1 Å². The van der Waals surface area contributed by atoms with Crippen LogP contribution in [0.15, 0.2) is 6.20 Å². The van der Waals surface area contributed by atoms with Crippen molar-refractivity contribution in [3.8, 4) is 0 Å². The Bertz CT molecular complexity index is 583. The molecule has 1 aliphatic heterocycles. The van der Waals surface area contributed by atoms with Crippen molar-refractivity contribution in [2.75, 3.05) is 32.5 Å². The molecule has 1 saturated heterocycles. The SMILES string of the molecule is Cc1cnc([C@@H]2CN(C(=O)CNS(C)(=O)=O)CCO2)[nH]1. The third kappa shape index (κ3) is 4.02. The minimum atomic E-state index is -3.37. The smallest absolute Gasteiger partial charge is 0.237 e. The number of ether oxygens (including phenoxy) is 1. The van der Waals surface area contributed by atoms with E-state index in [1.807, 2.05) is 6.92 Å². The van der Waals surface area contributed by atoms with Crippen molar-refractivity contribution in [2.45, 2.75) is 13.0 Å². The maximum absolute atomic E-state index is 11.9. The molecular formula is C11H18N4O4S. The van der Waals surface area contributed by atoms with E-state index >= 15 is 0 Å². The van der Waals surface area contributed by atoms with Crippen LogP contribution in [0.3, 0.4) is 0 Å². The Hall–Kier alpha value is -1.45. The second-order valence-electron chi connectivity index (χ2n) is 4.74. The largest absolute Gasteiger partial charge is 0.367 e. The molecule has 9 heteroatoms. The zero-order valence-corrected chi connectivity index (χ0v) is 12.2. The molecule has 0 aliphatic carbocycles. The summed E-state index contributed by atoms with van der Waals surface area (Å²) >= 11 is 0. The van der Waals surface area contributed by atoms with Gasteiger partial charge in [-0.15, -0.1) is 0 Å². The number of aromatic amines is 1. The summed E-state index contributed by atoms with van der Waals surface area (Å²) in [6.45, 7) is 2.85. The summed E-state index contributed by atoms with van der Waals surface area (Å²) in [5.41, 5.74) is 0.922. The van der Waals surface area contributed by atoms with E-state index in [4.69, 9.17) is 4.74 Å². The molecule has 1 aromatic rings. The first-order chi connectivity index (χ1) is 9.35. The molecule has 0 aromatic carbocycles. The zero-order chi connectivity index (χ0) is 14.8. The van der Waals surface area contributed by atoms with Gasteiger partial charge < -0.3 is 14.6 Å². The normalized spacial score (nSPS) is 20.1. The third-order valence-electron chi connectivity index (χ3n) is 2.93. The monoisotopic (exact) mass is 302 g/mol. The molecule has 2 N–H and O–H groups in total. The Kier molecular flexibility index (Phi) is 4.41. The van der Waals surface area contributed by atoms with Gasteiger partial charge in [-0.05, 0) is 6.92 Å². The molecule has 1 fully saturated rings. The lowest BCUT2D eigenvalue weighted by molar-refractivity contribution is -0.138. The van der Waals surface area contributed by atoms with E-state index in [1.54, 1.807) is 11.1 Å². The van der Waals surface area contributed by atoms with Crippen LogP contribution < -0.4 is 4.72 Å². The highest BCUT2D eigenvalue weighted by atomic mass is 32.2. The van der Waals surface area contributed by atoms with Crippen molar-refractivity contribution in [1.82, 2.24) is 19.6 Å². The number of carbonyl (C=O) groups is 1. The zero-order valence-electron chi connectivity index (χ0n) is 11.4. The van der Waals surface area contributed by atoms with Gasteiger partial charge in [0.05, 0.1) is 26.0 Å². The van der Waals surface area contributed by atoms with Gasteiger partial charge in [0.25, 0.3) is 0 Å². The summed E-state index contributed by atoms with van der Waals surface area (Å²) in [4.78, 5) is 20.8. The first-order valence-electron chi connectivity index (χ1n) is 6.20. The number of hydrogen-bond acceptors (Lipinski definition) is 5. The van der Waals surface area contributed by atoms with Gasteiger partial charge in [-0.1, -0.05) is 0 Å². The number of aryl methyl sites for hydroxylation is 1. The summed E-state index contributed by atoms with van der Waals surface area (Å²) in [6.07, 6.45) is 2.42. The van der Waals surface area contributed by atoms with Crippen molar-refractivity contribution < 1.29 is 17.9 Å². The highest BCUT2D eigenvalue weighted by Gasteiger charge is 2.27. The number of amides is 1. The number of sulfonamides is 1. The number of rotatable bonds is 4. The topological polar surface area (TPSA) is 104 Å². The molecule has 0 radical (unpaired) electrons. The van der Waals surface area contributed by atoms with Crippen LogP contribution in [0.25, 0.3) is 0 Å². The second kappa shape index (κ2) is 5.90. The summed E-state index contributed by atoms with van der Waals surface area (Å²) in [5.74, 6) is 0.406. The van der Waals surface area contributed by atoms with Gasteiger partial charge in [0, 0.05) is 18.4 Å². The van der Waals surface area contributed by atoms with Crippen LogP contribution >= 0.6 is 0 Å². The Labute approximate surface area is 117 Å². The summed E-state index contributed by atoms with van der Waals surface area (Å²) in [7, 11) is -3.37. The number of imidazole rings is 1. The Morgan fingerprint density at radius 1 is 1.65 bits per heavy atom. The number of aromatic nitrogens is 2. The van der Waals surface area contributed by atoms with E-state index in [-0.39, 0.29) is 18.6 Å². The Morgan fingerprint density at radius 2 is 2.40 bits per heavy atom. The van der Waals surface area contributed by atoms with E-state index in [2.05, 4.69) is 14.7 Å². The number of nitrogens with zero attached hydrogens (tertiary/aromatic N) is 2. The van der Waals surface area contributed by atoms with Crippen molar-refractivity contribution in [3.05, 3.63) is 17.7 Å². The molecule has 2 rings (SSSR count). The molecule has 0 bridgehead atoms. The van der Waals surface area contributed by atoms with Crippen LogP contribution in [0.5, 0.6) is 0 Å². The van der Waals surface area contributed by atoms with E-state index in [9.17, 15) is 13.2 Å². The summed E-state index contributed by atoms with van der Waals surface area (Å²) < 4.78 is 29.7. The molecule has 0 unspecified atom stereocenters. The highest BCUT2D eigenvalue weighted by Crippen LogP contribution is 2.19.